The summed E-state index contributed by atoms with van der Waals surface area (Å²) < 4.78 is 0. The van der Waals surface area contributed by atoms with Crippen LogP contribution < -0.4 is 0 Å². The first-order valence-corrected chi connectivity index (χ1v) is 9.69. The van der Waals surface area contributed by atoms with E-state index in [0.717, 1.165) is 54.8 Å². The molecule has 1 aliphatic heterocycles. The third kappa shape index (κ3) is 3.86. The predicted octanol–water partition coefficient (Wildman–Crippen LogP) is 3.96. The van der Waals surface area contributed by atoms with Crippen LogP contribution in [0.5, 0.6) is 0 Å². The van der Waals surface area contributed by atoms with Gasteiger partial charge < -0.3 is 4.90 Å². The third-order valence-corrected chi connectivity index (χ3v) is 5.14. The minimum Gasteiger partial charge on any atom is -0.340 e. The molecule has 2 aromatic carbocycles. The molecule has 2 heterocycles. The van der Waals surface area contributed by atoms with Crippen LogP contribution in [0.15, 0.2) is 60.7 Å². The number of carbonyl (C=O) groups excluding carboxylic acids is 1. The Kier molecular flexibility index (Phi) is 5.16. The van der Waals surface area contributed by atoms with Crippen molar-refractivity contribution in [2.75, 3.05) is 26.2 Å². The lowest BCUT2D eigenvalue weighted by molar-refractivity contribution is -0.136. The van der Waals surface area contributed by atoms with Crippen molar-refractivity contribution in [1.29, 1.82) is 0 Å². The Balaban J connectivity index is 1.65. The number of amides is 1. The van der Waals surface area contributed by atoms with Crippen molar-refractivity contribution in [1.82, 2.24) is 14.8 Å². The van der Waals surface area contributed by atoms with E-state index in [1.54, 1.807) is 0 Å². The van der Waals surface area contributed by atoms with Gasteiger partial charge in [0, 0.05) is 37.1 Å². The Morgan fingerprint density at radius 2 is 1.78 bits per heavy atom. The first kappa shape index (κ1) is 17.7. The number of carbonyl (C=O) groups is 1. The van der Waals surface area contributed by atoms with Gasteiger partial charge in [0.15, 0.2) is 0 Å². The number of aromatic nitrogens is 1. The fourth-order valence-electron chi connectivity index (χ4n) is 3.77. The molecule has 0 spiro atoms. The second-order valence-corrected chi connectivity index (χ2v) is 7.15. The van der Waals surface area contributed by atoms with Crippen LogP contribution in [-0.4, -0.2) is 46.9 Å². The highest BCUT2D eigenvalue weighted by atomic mass is 16.2. The summed E-state index contributed by atoms with van der Waals surface area (Å²) in [5.41, 5.74) is 4.31. The molecule has 4 rings (SSSR count). The Morgan fingerprint density at radius 1 is 1.00 bits per heavy atom. The standard InChI is InChI=1S/C23H25N3O/c1-2-12-26-14-13-25(17-22(26)27)16-20-15-19-10-6-7-11-21(19)24-23(20)18-8-4-3-5-9-18/h3-11,15H,2,12-14,16-17H2,1H3. The first-order valence-electron chi connectivity index (χ1n) is 9.69. The van der Waals surface area contributed by atoms with Crippen molar-refractivity contribution in [2.24, 2.45) is 0 Å². The van der Waals surface area contributed by atoms with Gasteiger partial charge in [-0.25, -0.2) is 4.98 Å². The van der Waals surface area contributed by atoms with E-state index in [-0.39, 0.29) is 5.91 Å². The lowest BCUT2D eigenvalue weighted by Gasteiger charge is -2.34. The van der Waals surface area contributed by atoms with Crippen molar-refractivity contribution in [3.63, 3.8) is 0 Å². The summed E-state index contributed by atoms with van der Waals surface area (Å²) >= 11 is 0. The molecule has 1 aliphatic rings. The average Bonchev–Trinajstić information content (AvgIpc) is 2.70. The Labute approximate surface area is 160 Å². The van der Waals surface area contributed by atoms with Crippen LogP contribution in [0.4, 0.5) is 0 Å². The maximum atomic E-state index is 12.4. The van der Waals surface area contributed by atoms with E-state index in [2.05, 4.69) is 42.2 Å². The maximum absolute atomic E-state index is 12.4. The summed E-state index contributed by atoms with van der Waals surface area (Å²) in [5.74, 6) is 0.234. The molecule has 0 atom stereocenters. The van der Waals surface area contributed by atoms with Crippen LogP contribution in [0.3, 0.4) is 0 Å². The smallest absolute Gasteiger partial charge is 0.236 e. The molecule has 4 nitrogen and oxygen atoms in total. The van der Waals surface area contributed by atoms with Gasteiger partial charge in [0.1, 0.15) is 0 Å². The Bertz CT molecular complexity index is 939. The van der Waals surface area contributed by atoms with Crippen LogP contribution >= 0.6 is 0 Å². The first-order chi connectivity index (χ1) is 13.2. The molecule has 0 bridgehead atoms. The molecule has 1 aromatic heterocycles. The van der Waals surface area contributed by atoms with Crippen molar-refractivity contribution in [3.8, 4) is 11.3 Å². The van der Waals surface area contributed by atoms with Crippen LogP contribution in [0.1, 0.15) is 18.9 Å². The molecule has 138 valence electrons. The minimum absolute atomic E-state index is 0.234. The molecule has 0 aliphatic carbocycles. The summed E-state index contributed by atoms with van der Waals surface area (Å²) in [5, 5.41) is 1.14. The van der Waals surface area contributed by atoms with Gasteiger partial charge >= 0.3 is 0 Å². The zero-order valence-electron chi connectivity index (χ0n) is 15.8. The predicted molar refractivity (Wildman–Crippen MR) is 109 cm³/mol. The average molecular weight is 359 g/mol. The van der Waals surface area contributed by atoms with E-state index in [4.69, 9.17) is 4.98 Å². The zero-order chi connectivity index (χ0) is 18.6. The normalized spacial score (nSPS) is 15.4. The molecule has 4 heteroatoms. The number of para-hydroxylation sites is 1. The molecule has 0 N–H and O–H groups in total. The van der Waals surface area contributed by atoms with Crippen molar-refractivity contribution >= 4 is 16.8 Å². The summed E-state index contributed by atoms with van der Waals surface area (Å²) in [6, 6.07) is 20.8. The fraction of sp³-hybridized carbons (Fsp3) is 0.304. The van der Waals surface area contributed by atoms with Crippen LogP contribution in [0.25, 0.3) is 22.2 Å². The van der Waals surface area contributed by atoms with Gasteiger partial charge in [-0.15, -0.1) is 0 Å². The number of nitrogens with zero attached hydrogens (tertiary/aromatic N) is 3. The highest BCUT2D eigenvalue weighted by Gasteiger charge is 2.24. The molecule has 1 saturated heterocycles. The summed E-state index contributed by atoms with van der Waals surface area (Å²) in [4.78, 5) is 21.6. The van der Waals surface area contributed by atoms with Crippen LogP contribution in [-0.2, 0) is 11.3 Å². The van der Waals surface area contributed by atoms with Crippen LogP contribution in [0, 0.1) is 0 Å². The van der Waals surface area contributed by atoms with E-state index in [1.807, 2.05) is 35.2 Å². The molecular weight excluding hydrogens is 334 g/mol. The highest BCUT2D eigenvalue weighted by Crippen LogP contribution is 2.27. The number of hydrogen-bond donors (Lipinski definition) is 0. The van der Waals surface area contributed by atoms with E-state index in [1.165, 1.54) is 5.56 Å². The van der Waals surface area contributed by atoms with Gasteiger partial charge in [0.05, 0.1) is 17.8 Å². The fourth-order valence-corrected chi connectivity index (χ4v) is 3.77. The van der Waals surface area contributed by atoms with Crippen molar-refractivity contribution in [3.05, 3.63) is 66.2 Å². The van der Waals surface area contributed by atoms with Crippen molar-refractivity contribution < 1.29 is 4.79 Å². The molecular formula is C23H25N3O. The van der Waals surface area contributed by atoms with E-state index in [9.17, 15) is 4.79 Å². The number of pyridine rings is 1. The maximum Gasteiger partial charge on any atom is 0.236 e. The number of hydrogen-bond acceptors (Lipinski definition) is 3. The summed E-state index contributed by atoms with van der Waals surface area (Å²) in [7, 11) is 0. The molecule has 1 amide bonds. The van der Waals surface area contributed by atoms with Gasteiger partial charge in [-0.2, -0.15) is 0 Å². The van der Waals surface area contributed by atoms with Gasteiger partial charge in [-0.05, 0) is 24.1 Å². The SMILES string of the molecule is CCCN1CCN(Cc2cc3ccccc3nc2-c2ccccc2)CC1=O. The molecule has 3 aromatic rings. The van der Waals surface area contributed by atoms with Crippen LogP contribution in [0.2, 0.25) is 0 Å². The topological polar surface area (TPSA) is 36.4 Å². The van der Waals surface area contributed by atoms with Gasteiger partial charge in [-0.3, -0.25) is 9.69 Å². The van der Waals surface area contributed by atoms with E-state index in [0.29, 0.717) is 6.54 Å². The molecule has 0 saturated carbocycles. The monoisotopic (exact) mass is 359 g/mol. The molecule has 0 unspecified atom stereocenters. The van der Waals surface area contributed by atoms with Gasteiger partial charge in [-0.1, -0.05) is 55.5 Å². The number of rotatable bonds is 5. The minimum atomic E-state index is 0.234. The second kappa shape index (κ2) is 7.89. The second-order valence-electron chi connectivity index (χ2n) is 7.15. The Morgan fingerprint density at radius 3 is 2.56 bits per heavy atom. The number of fused-ring (bicyclic) bond motifs is 1. The molecule has 0 radical (unpaired) electrons. The van der Waals surface area contributed by atoms with Gasteiger partial charge in [0.2, 0.25) is 5.91 Å². The highest BCUT2D eigenvalue weighted by molar-refractivity contribution is 5.83. The largest absolute Gasteiger partial charge is 0.340 e. The molecule has 27 heavy (non-hydrogen) atoms. The summed E-state index contributed by atoms with van der Waals surface area (Å²) in [6.45, 7) is 5.93. The van der Waals surface area contributed by atoms with Crippen molar-refractivity contribution in [2.45, 2.75) is 19.9 Å². The lowest BCUT2D eigenvalue weighted by atomic mass is 10.0. The number of piperazine rings is 1. The summed E-state index contributed by atoms with van der Waals surface area (Å²) in [6.07, 6.45) is 1.01. The van der Waals surface area contributed by atoms with E-state index >= 15 is 0 Å². The molecule has 1 fully saturated rings. The number of benzene rings is 2. The van der Waals surface area contributed by atoms with Gasteiger partial charge in [0.25, 0.3) is 0 Å². The third-order valence-electron chi connectivity index (χ3n) is 5.14. The zero-order valence-corrected chi connectivity index (χ0v) is 15.8. The Hall–Kier alpha value is -2.72. The quantitative estimate of drug-likeness (QED) is 0.692. The lowest BCUT2D eigenvalue weighted by Crippen LogP contribution is -2.50. The van der Waals surface area contributed by atoms with E-state index < -0.39 is 0 Å².